The molecule has 0 aliphatic carbocycles. The third kappa shape index (κ3) is 2.80. The Morgan fingerprint density at radius 1 is 1.31 bits per heavy atom. The van der Waals surface area contributed by atoms with Gasteiger partial charge in [-0.2, -0.15) is 0 Å². The highest BCUT2D eigenvalue weighted by Gasteiger charge is 2.03. The van der Waals surface area contributed by atoms with Gasteiger partial charge in [0.2, 0.25) is 0 Å². The second-order valence-corrected chi connectivity index (χ2v) is 2.71. The average molecular weight is 227 g/mol. The second kappa shape index (κ2) is 4.91. The van der Waals surface area contributed by atoms with Gasteiger partial charge in [-0.05, 0) is 0 Å². The summed E-state index contributed by atoms with van der Waals surface area (Å²) in [4.78, 5) is 47.3. The van der Waals surface area contributed by atoms with Crippen LogP contribution in [0, 0.1) is 0 Å². The smallest absolute Gasteiger partial charge is 0.333 e. The summed E-state index contributed by atoms with van der Waals surface area (Å²) < 4.78 is 5.28. The third-order valence-corrected chi connectivity index (χ3v) is 1.66. The Kier molecular flexibility index (Phi) is 3.59. The maximum atomic E-state index is 11.1. The highest BCUT2D eigenvalue weighted by molar-refractivity contribution is 5.81. The van der Waals surface area contributed by atoms with Crippen molar-refractivity contribution in [2.75, 3.05) is 6.61 Å². The SMILES string of the molecule is C=CC(=O)OCCn1c(=O)[nH]c(=O)[nH]c1=O. The molecule has 1 aromatic heterocycles. The quantitative estimate of drug-likeness (QED) is 0.454. The number of rotatable bonds is 4. The van der Waals surface area contributed by atoms with Crippen LogP contribution >= 0.6 is 0 Å². The molecule has 2 N–H and O–H groups in total. The normalized spacial score (nSPS) is 9.75. The van der Waals surface area contributed by atoms with Crippen LogP contribution in [-0.2, 0) is 16.1 Å². The van der Waals surface area contributed by atoms with E-state index in [1.807, 2.05) is 9.97 Å². The minimum Gasteiger partial charge on any atom is -0.461 e. The number of carbonyl (C=O) groups excluding carboxylic acids is 1. The summed E-state index contributed by atoms with van der Waals surface area (Å²) in [5.41, 5.74) is -2.60. The Morgan fingerprint density at radius 3 is 2.38 bits per heavy atom. The first-order valence-electron chi connectivity index (χ1n) is 4.27. The van der Waals surface area contributed by atoms with Crippen molar-refractivity contribution in [3.05, 3.63) is 44.1 Å². The lowest BCUT2D eigenvalue weighted by atomic mass is 10.6. The van der Waals surface area contributed by atoms with Crippen molar-refractivity contribution in [2.45, 2.75) is 6.54 Å². The molecule has 0 aliphatic rings. The predicted octanol–water partition coefficient (Wildman–Crippen LogP) is -2.05. The lowest BCUT2D eigenvalue weighted by Crippen LogP contribution is -2.43. The molecule has 0 saturated carbocycles. The molecule has 0 unspecified atom stereocenters. The fraction of sp³-hybridized carbons (Fsp3) is 0.250. The van der Waals surface area contributed by atoms with Gasteiger partial charge in [0.1, 0.15) is 6.61 Å². The van der Waals surface area contributed by atoms with Crippen molar-refractivity contribution in [1.29, 1.82) is 0 Å². The zero-order valence-corrected chi connectivity index (χ0v) is 8.19. The van der Waals surface area contributed by atoms with Gasteiger partial charge in [-0.1, -0.05) is 6.58 Å². The third-order valence-electron chi connectivity index (χ3n) is 1.66. The number of aromatic nitrogens is 3. The lowest BCUT2D eigenvalue weighted by molar-refractivity contribution is -0.138. The summed E-state index contributed by atoms with van der Waals surface area (Å²) >= 11 is 0. The van der Waals surface area contributed by atoms with Gasteiger partial charge in [0.05, 0.1) is 6.54 Å². The molecule has 86 valence electrons. The zero-order valence-electron chi connectivity index (χ0n) is 8.19. The molecule has 0 bridgehead atoms. The van der Waals surface area contributed by atoms with Gasteiger partial charge in [0.15, 0.2) is 0 Å². The van der Waals surface area contributed by atoms with Gasteiger partial charge in [-0.15, -0.1) is 0 Å². The Balaban J connectivity index is 2.79. The molecule has 16 heavy (non-hydrogen) atoms. The van der Waals surface area contributed by atoms with Gasteiger partial charge in [0, 0.05) is 6.08 Å². The number of aromatic amines is 2. The largest absolute Gasteiger partial charge is 0.461 e. The first-order chi connectivity index (χ1) is 7.54. The summed E-state index contributed by atoms with van der Waals surface area (Å²) in [5.74, 6) is -0.658. The number of carbonyl (C=O) groups is 1. The van der Waals surface area contributed by atoms with Gasteiger partial charge >= 0.3 is 23.0 Å². The van der Waals surface area contributed by atoms with E-state index in [1.54, 1.807) is 0 Å². The molecule has 0 atom stereocenters. The fourth-order valence-electron chi connectivity index (χ4n) is 0.952. The van der Waals surface area contributed by atoms with Crippen LogP contribution < -0.4 is 17.1 Å². The van der Waals surface area contributed by atoms with Crippen molar-refractivity contribution in [3.8, 4) is 0 Å². The van der Waals surface area contributed by atoms with E-state index in [0.717, 1.165) is 6.08 Å². The molecule has 0 saturated heterocycles. The summed E-state index contributed by atoms with van der Waals surface area (Å²) in [5, 5.41) is 0. The molecular weight excluding hydrogens is 218 g/mol. The van der Waals surface area contributed by atoms with Gasteiger partial charge < -0.3 is 4.74 Å². The Hall–Kier alpha value is -2.38. The van der Waals surface area contributed by atoms with Crippen LogP contribution in [0.15, 0.2) is 27.0 Å². The molecule has 0 radical (unpaired) electrons. The number of esters is 1. The summed E-state index contributed by atoms with van der Waals surface area (Å²) in [6.45, 7) is 2.86. The number of nitrogens with one attached hydrogen (secondary N) is 2. The molecule has 0 fully saturated rings. The van der Waals surface area contributed by atoms with Crippen molar-refractivity contribution in [1.82, 2.24) is 14.5 Å². The fourth-order valence-corrected chi connectivity index (χ4v) is 0.952. The molecule has 8 heteroatoms. The molecule has 0 aromatic carbocycles. The molecule has 1 aromatic rings. The van der Waals surface area contributed by atoms with Crippen LogP contribution in [0.3, 0.4) is 0 Å². The van der Waals surface area contributed by atoms with Gasteiger partial charge in [-0.25, -0.2) is 23.7 Å². The van der Waals surface area contributed by atoms with Crippen LogP contribution in [0.5, 0.6) is 0 Å². The zero-order chi connectivity index (χ0) is 12.1. The summed E-state index contributed by atoms with van der Waals surface area (Å²) in [7, 11) is 0. The highest BCUT2D eigenvalue weighted by atomic mass is 16.5. The Bertz CT molecular complexity index is 530. The van der Waals surface area contributed by atoms with Crippen LogP contribution in [0.2, 0.25) is 0 Å². The van der Waals surface area contributed by atoms with E-state index in [9.17, 15) is 19.2 Å². The lowest BCUT2D eigenvalue weighted by Gasteiger charge is -2.03. The number of ether oxygens (including phenoxy) is 1. The maximum Gasteiger partial charge on any atom is 0.333 e. The Labute approximate surface area is 88.2 Å². The average Bonchev–Trinajstić information content (AvgIpc) is 2.21. The van der Waals surface area contributed by atoms with Gasteiger partial charge in [0.25, 0.3) is 0 Å². The number of nitrogens with zero attached hydrogens (tertiary/aromatic N) is 1. The Morgan fingerprint density at radius 2 is 1.88 bits per heavy atom. The van der Waals surface area contributed by atoms with Crippen LogP contribution in [0.1, 0.15) is 0 Å². The van der Waals surface area contributed by atoms with E-state index in [1.165, 1.54) is 0 Å². The molecule has 0 aliphatic heterocycles. The van der Waals surface area contributed by atoms with Crippen molar-refractivity contribution in [3.63, 3.8) is 0 Å². The standard InChI is InChI=1S/C8H9N3O5/c1-2-5(12)16-4-3-11-7(14)9-6(13)10-8(11)15/h2H,1,3-4H2,(H2,9,10,13,14,15). The van der Waals surface area contributed by atoms with E-state index in [0.29, 0.717) is 4.57 Å². The molecule has 1 rings (SSSR count). The van der Waals surface area contributed by atoms with E-state index in [-0.39, 0.29) is 13.2 Å². The molecule has 0 spiro atoms. The second-order valence-electron chi connectivity index (χ2n) is 2.71. The highest BCUT2D eigenvalue weighted by Crippen LogP contribution is 1.79. The molecule has 1 heterocycles. The first kappa shape index (κ1) is 11.7. The number of hydrogen-bond donors (Lipinski definition) is 2. The molecular formula is C8H9N3O5. The number of hydrogen-bond acceptors (Lipinski definition) is 5. The minimum absolute atomic E-state index is 0.148. The van der Waals surface area contributed by atoms with Crippen molar-refractivity contribution >= 4 is 5.97 Å². The topological polar surface area (TPSA) is 114 Å². The first-order valence-corrected chi connectivity index (χ1v) is 4.27. The van der Waals surface area contributed by atoms with Crippen LogP contribution in [-0.4, -0.2) is 27.1 Å². The predicted molar refractivity (Wildman–Crippen MR) is 53.1 cm³/mol. The monoisotopic (exact) mass is 227 g/mol. The maximum absolute atomic E-state index is 11.1. The van der Waals surface area contributed by atoms with Crippen LogP contribution in [0.4, 0.5) is 0 Å². The summed E-state index contributed by atoms with van der Waals surface area (Å²) in [6, 6.07) is 0. The van der Waals surface area contributed by atoms with E-state index in [4.69, 9.17) is 0 Å². The molecule has 8 nitrogen and oxygen atoms in total. The van der Waals surface area contributed by atoms with E-state index in [2.05, 4.69) is 11.3 Å². The molecule has 0 amide bonds. The van der Waals surface area contributed by atoms with Crippen molar-refractivity contribution < 1.29 is 9.53 Å². The summed E-state index contributed by atoms with van der Waals surface area (Å²) in [6.07, 6.45) is 0.958. The van der Waals surface area contributed by atoms with Gasteiger partial charge in [-0.3, -0.25) is 9.97 Å². The number of H-pyrrole nitrogens is 2. The van der Waals surface area contributed by atoms with E-state index >= 15 is 0 Å². The van der Waals surface area contributed by atoms with Crippen molar-refractivity contribution in [2.24, 2.45) is 0 Å². The minimum atomic E-state index is -0.880. The van der Waals surface area contributed by atoms with Crippen LogP contribution in [0.25, 0.3) is 0 Å². The van der Waals surface area contributed by atoms with E-state index < -0.39 is 23.0 Å².